The van der Waals surface area contributed by atoms with Crippen LogP contribution in [0.2, 0.25) is 0 Å². The molecule has 2 aliphatic carbocycles. The Hall–Kier alpha value is -3.73. The molecule has 1 aromatic carbocycles. The molecule has 0 saturated heterocycles. The number of nitrogens with one attached hydrogen (secondary N) is 2. The van der Waals surface area contributed by atoms with Crippen molar-refractivity contribution in [2.45, 2.75) is 44.3 Å². The molecule has 1 saturated carbocycles. The molecule has 156 valence electrons. The van der Waals surface area contributed by atoms with Crippen LogP contribution in [-0.2, 0) is 0 Å². The number of nitrogens with zero attached hydrogens (tertiary/aromatic N) is 5. The van der Waals surface area contributed by atoms with Gasteiger partial charge in [-0.2, -0.15) is 10.2 Å². The number of hydrogen-bond acceptors (Lipinski definition) is 6. The molecule has 1 unspecified atom stereocenters. The average Bonchev–Trinajstić information content (AvgIpc) is 3.43. The summed E-state index contributed by atoms with van der Waals surface area (Å²) in [5.74, 6) is 1.03. The first-order valence-electron chi connectivity index (χ1n) is 10.5. The molecule has 1 atom stereocenters. The molecule has 0 spiro atoms. The SMILES string of the molecule is N#Cc1cccc(Nc2ncc3nc(NC4=CC=CCC4F)n(C4CCCC4)c3n2)c1. The van der Waals surface area contributed by atoms with E-state index in [1.165, 1.54) is 0 Å². The van der Waals surface area contributed by atoms with Crippen molar-refractivity contribution in [3.8, 4) is 6.07 Å². The Labute approximate surface area is 179 Å². The van der Waals surface area contributed by atoms with E-state index in [9.17, 15) is 4.39 Å². The number of aromatic nitrogens is 4. The van der Waals surface area contributed by atoms with Gasteiger partial charge in [-0.3, -0.25) is 4.57 Å². The minimum atomic E-state index is -1.07. The van der Waals surface area contributed by atoms with Crippen LogP contribution < -0.4 is 10.6 Å². The van der Waals surface area contributed by atoms with Gasteiger partial charge in [-0.15, -0.1) is 0 Å². The van der Waals surface area contributed by atoms with Crippen molar-refractivity contribution in [2.24, 2.45) is 0 Å². The molecule has 7 nitrogen and oxygen atoms in total. The van der Waals surface area contributed by atoms with Crippen molar-refractivity contribution >= 4 is 28.7 Å². The van der Waals surface area contributed by atoms with Crippen LogP contribution >= 0.6 is 0 Å². The summed E-state index contributed by atoms with van der Waals surface area (Å²) in [6.07, 6.45) is 10.8. The molecule has 0 amide bonds. The molecule has 0 bridgehead atoms. The second-order valence-electron chi connectivity index (χ2n) is 7.84. The van der Waals surface area contributed by atoms with E-state index < -0.39 is 6.17 Å². The number of allylic oxidation sites excluding steroid dienone is 4. The number of benzene rings is 1. The van der Waals surface area contributed by atoms with Crippen LogP contribution in [0.4, 0.5) is 22.0 Å². The van der Waals surface area contributed by atoms with Gasteiger partial charge in [0, 0.05) is 18.2 Å². The largest absolute Gasteiger partial charge is 0.326 e. The zero-order chi connectivity index (χ0) is 21.2. The number of imidazole rings is 1. The van der Waals surface area contributed by atoms with Crippen molar-refractivity contribution in [2.75, 3.05) is 10.6 Å². The van der Waals surface area contributed by atoms with Crippen LogP contribution in [0.25, 0.3) is 11.2 Å². The first-order chi connectivity index (χ1) is 15.2. The van der Waals surface area contributed by atoms with E-state index in [1.807, 2.05) is 24.3 Å². The van der Waals surface area contributed by atoms with Crippen LogP contribution in [-0.4, -0.2) is 25.7 Å². The molecule has 0 aliphatic heterocycles. The highest BCUT2D eigenvalue weighted by molar-refractivity contribution is 5.76. The Morgan fingerprint density at radius 3 is 2.84 bits per heavy atom. The van der Waals surface area contributed by atoms with E-state index in [0.717, 1.165) is 31.4 Å². The highest BCUT2D eigenvalue weighted by Crippen LogP contribution is 2.36. The van der Waals surface area contributed by atoms with Gasteiger partial charge in [0.15, 0.2) is 5.65 Å². The van der Waals surface area contributed by atoms with Gasteiger partial charge in [-0.25, -0.2) is 14.4 Å². The minimum Gasteiger partial charge on any atom is -0.326 e. The second-order valence-corrected chi connectivity index (χ2v) is 7.84. The molecule has 2 heterocycles. The molecule has 2 aromatic heterocycles. The van der Waals surface area contributed by atoms with E-state index >= 15 is 0 Å². The smallest absolute Gasteiger partial charge is 0.229 e. The van der Waals surface area contributed by atoms with Crippen LogP contribution in [0.5, 0.6) is 0 Å². The van der Waals surface area contributed by atoms with Gasteiger partial charge in [-0.1, -0.05) is 31.1 Å². The zero-order valence-electron chi connectivity index (χ0n) is 16.9. The summed E-state index contributed by atoms with van der Waals surface area (Å²) in [6.45, 7) is 0. The summed E-state index contributed by atoms with van der Waals surface area (Å²) in [4.78, 5) is 13.8. The van der Waals surface area contributed by atoms with Crippen LogP contribution in [0.15, 0.2) is 54.4 Å². The topological polar surface area (TPSA) is 91.5 Å². The first-order valence-corrected chi connectivity index (χ1v) is 10.5. The number of anilines is 3. The van der Waals surface area contributed by atoms with Crippen molar-refractivity contribution in [1.82, 2.24) is 19.5 Å². The predicted molar refractivity (Wildman–Crippen MR) is 118 cm³/mol. The molecule has 0 radical (unpaired) electrons. The number of hydrogen-bond donors (Lipinski definition) is 2. The van der Waals surface area contributed by atoms with E-state index in [2.05, 4.69) is 31.2 Å². The van der Waals surface area contributed by atoms with Gasteiger partial charge in [0.05, 0.1) is 23.5 Å². The van der Waals surface area contributed by atoms with E-state index in [1.54, 1.807) is 24.4 Å². The number of fused-ring (bicyclic) bond motifs is 1. The van der Waals surface area contributed by atoms with Crippen molar-refractivity contribution in [3.05, 3.63) is 60.0 Å². The molecule has 31 heavy (non-hydrogen) atoms. The number of alkyl halides is 1. The number of nitriles is 1. The average molecular weight is 415 g/mol. The monoisotopic (exact) mass is 415 g/mol. The van der Waals surface area contributed by atoms with Gasteiger partial charge in [0.2, 0.25) is 11.9 Å². The van der Waals surface area contributed by atoms with Gasteiger partial charge >= 0.3 is 0 Å². The molecular formula is C23H22FN7. The molecule has 2 N–H and O–H groups in total. The van der Waals surface area contributed by atoms with Gasteiger partial charge in [0.25, 0.3) is 0 Å². The van der Waals surface area contributed by atoms with Crippen LogP contribution in [0.1, 0.15) is 43.7 Å². The summed E-state index contributed by atoms with van der Waals surface area (Å²) >= 11 is 0. The number of rotatable bonds is 5. The Bertz CT molecular complexity index is 1210. The summed E-state index contributed by atoms with van der Waals surface area (Å²) in [5.41, 5.74) is 3.18. The summed E-state index contributed by atoms with van der Waals surface area (Å²) in [7, 11) is 0. The van der Waals surface area contributed by atoms with E-state index in [4.69, 9.17) is 10.2 Å². The van der Waals surface area contributed by atoms with Gasteiger partial charge in [-0.05, 0) is 37.1 Å². The third-order valence-corrected chi connectivity index (χ3v) is 5.72. The fourth-order valence-corrected chi connectivity index (χ4v) is 4.19. The Morgan fingerprint density at radius 2 is 2.03 bits per heavy atom. The van der Waals surface area contributed by atoms with E-state index in [0.29, 0.717) is 40.7 Å². The predicted octanol–water partition coefficient (Wildman–Crippen LogP) is 5.15. The fraction of sp³-hybridized carbons (Fsp3) is 0.304. The molecule has 2 aliphatic rings. The first kappa shape index (κ1) is 19.2. The highest BCUT2D eigenvalue weighted by Gasteiger charge is 2.26. The quantitative estimate of drug-likeness (QED) is 0.599. The molecule has 8 heteroatoms. The molecule has 1 fully saturated rings. The maximum atomic E-state index is 14.4. The normalized spacial score (nSPS) is 18.7. The standard InChI is InChI=1S/C23H22FN7/c24-18-10-3-4-11-19(18)28-23-29-20-14-26-22(27-16-7-5-6-15(12-16)13-25)30-21(20)31(23)17-8-1-2-9-17/h3-7,11-12,14,17-18H,1-2,8-10H2,(H,28,29)(H,26,27,30). The maximum Gasteiger partial charge on any atom is 0.229 e. The lowest BCUT2D eigenvalue weighted by Crippen LogP contribution is -2.18. The van der Waals surface area contributed by atoms with Crippen molar-refractivity contribution in [1.29, 1.82) is 5.26 Å². The van der Waals surface area contributed by atoms with Crippen molar-refractivity contribution in [3.63, 3.8) is 0 Å². The lowest BCUT2D eigenvalue weighted by Gasteiger charge is -2.20. The third-order valence-electron chi connectivity index (χ3n) is 5.72. The van der Waals surface area contributed by atoms with Gasteiger partial charge in [0.1, 0.15) is 11.7 Å². The van der Waals surface area contributed by atoms with Crippen LogP contribution in [0.3, 0.4) is 0 Å². The molecule has 5 rings (SSSR count). The van der Waals surface area contributed by atoms with Crippen LogP contribution in [0, 0.1) is 11.3 Å². The van der Waals surface area contributed by atoms with E-state index in [-0.39, 0.29) is 6.04 Å². The lowest BCUT2D eigenvalue weighted by atomic mass is 10.1. The summed E-state index contributed by atoms with van der Waals surface area (Å²) in [6, 6.07) is 9.56. The van der Waals surface area contributed by atoms with Gasteiger partial charge < -0.3 is 10.6 Å². The lowest BCUT2D eigenvalue weighted by molar-refractivity contribution is 0.383. The molecular weight excluding hydrogens is 393 g/mol. The maximum absolute atomic E-state index is 14.4. The minimum absolute atomic E-state index is 0.259. The second kappa shape index (κ2) is 8.19. The highest BCUT2D eigenvalue weighted by atomic mass is 19.1. The Morgan fingerprint density at radius 1 is 1.16 bits per heavy atom. The Balaban J connectivity index is 1.53. The molecule has 3 aromatic rings. The summed E-state index contributed by atoms with van der Waals surface area (Å²) < 4.78 is 16.5. The summed E-state index contributed by atoms with van der Waals surface area (Å²) in [5, 5.41) is 15.5. The Kier molecular flexibility index (Phi) is 5.08. The fourth-order valence-electron chi connectivity index (χ4n) is 4.19. The third kappa shape index (κ3) is 3.87. The van der Waals surface area contributed by atoms with Crippen molar-refractivity contribution < 1.29 is 4.39 Å². The zero-order valence-corrected chi connectivity index (χ0v) is 16.9. The number of halogens is 1.